The molecule has 0 atom stereocenters. The molecule has 1 aliphatic rings. The Bertz CT molecular complexity index is 1200. The fourth-order valence-corrected chi connectivity index (χ4v) is 3.42. The van der Waals surface area contributed by atoms with Gasteiger partial charge >= 0.3 is 0 Å². The number of carbonyl (C=O) groups is 1. The van der Waals surface area contributed by atoms with Crippen molar-refractivity contribution in [2.75, 3.05) is 13.1 Å². The van der Waals surface area contributed by atoms with E-state index in [2.05, 4.69) is 10.1 Å². The van der Waals surface area contributed by atoms with Crippen LogP contribution in [0.15, 0.2) is 83.4 Å². The van der Waals surface area contributed by atoms with Gasteiger partial charge in [0.15, 0.2) is 0 Å². The highest BCUT2D eigenvalue weighted by molar-refractivity contribution is 5.94. The first-order valence-electron chi connectivity index (χ1n) is 9.87. The molecule has 6 nitrogen and oxygen atoms in total. The third-order valence-corrected chi connectivity index (χ3v) is 5.10. The second-order valence-corrected chi connectivity index (χ2v) is 7.24. The number of aromatic nitrogens is 2. The van der Waals surface area contributed by atoms with Gasteiger partial charge in [0.25, 0.3) is 11.8 Å². The van der Waals surface area contributed by atoms with Crippen molar-refractivity contribution in [3.63, 3.8) is 0 Å². The molecule has 1 aromatic heterocycles. The maximum absolute atomic E-state index is 13.1. The second kappa shape index (κ2) is 8.02. The number of carbonyl (C=O) groups excluding carboxylic acids is 1. The molecule has 0 unspecified atom stereocenters. The summed E-state index contributed by atoms with van der Waals surface area (Å²) in [5, 5.41) is 4.07. The number of halogens is 1. The summed E-state index contributed by atoms with van der Waals surface area (Å²) in [5.41, 5.74) is 2.02. The lowest BCUT2D eigenvalue weighted by Crippen LogP contribution is -2.56. The standard InChI is InChI=1S/C24H18FN3O3/c25-18-12-10-17(11-13-18)24(29)28-14-19(15-28)30-21-9-5-4-8-20(21)23-26-22(27-31-23)16-6-2-1-3-7-16/h1-13,19H,14-15H2. The van der Waals surface area contributed by atoms with Gasteiger partial charge in [0, 0.05) is 11.1 Å². The summed E-state index contributed by atoms with van der Waals surface area (Å²) >= 11 is 0. The minimum Gasteiger partial charge on any atom is -0.486 e. The van der Waals surface area contributed by atoms with Crippen molar-refractivity contribution in [3.05, 3.63) is 90.2 Å². The summed E-state index contributed by atoms with van der Waals surface area (Å²) in [4.78, 5) is 18.6. The molecule has 0 aliphatic carbocycles. The normalized spacial score (nSPS) is 13.6. The first kappa shape index (κ1) is 19.0. The molecule has 5 rings (SSSR count). The molecule has 0 bridgehead atoms. The van der Waals surface area contributed by atoms with Gasteiger partial charge in [0.05, 0.1) is 18.7 Å². The van der Waals surface area contributed by atoms with E-state index in [-0.39, 0.29) is 17.8 Å². The van der Waals surface area contributed by atoms with E-state index >= 15 is 0 Å². The number of hydrogen-bond acceptors (Lipinski definition) is 5. The summed E-state index contributed by atoms with van der Waals surface area (Å²) in [6.07, 6.45) is -0.151. The van der Waals surface area contributed by atoms with Gasteiger partial charge in [-0.3, -0.25) is 4.79 Å². The molecule has 0 N–H and O–H groups in total. The molecule has 1 aliphatic heterocycles. The molecule has 154 valence electrons. The summed E-state index contributed by atoms with van der Waals surface area (Å²) in [7, 11) is 0. The summed E-state index contributed by atoms with van der Waals surface area (Å²) in [5.74, 6) is 0.981. The predicted molar refractivity (Wildman–Crippen MR) is 112 cm³/mol. The van der Waals surface area contributed by atoms with Crippen LogP contribution in [0, 0.1) is 5.82 Å². The molecule has 3 aromatic carbocycles. The van der Waals surface area contributed by atoms with Gasteiger partial charge in [-0.25, -0.2) is 4.39 Å². The Balaban J connectivity index is 1.28. The molecule has 0 saturated carbocycles. The van der Waals surface area contributed by atoms with Gasteiger partial charge in [-0.2, -0.15) is 4.98 Å². The molecule has 0 radical (unpaired) electrons. The zero-order valence-electron chi connectivity index (χ0n) is 16.4. The van der Waals surface area contributed by atoms with E-state index in [0.717, 1.165) is 5.56 Å². The molecule has 31 heavy (non-hydrogen) atoms. The minimum absolute atomic E-state index is 0.141. The van der Waals surface area contributed by atoms with Crippen LogP contribution >= 0.6 is 0 Å². The van der Waals surface area contributed by atoms with Gasteiger partial charge in [-0.15, -0.1) is 0 Å². The largest absolute Gasteiger partial charge is 0.486 e. The van der Waals surface area contributed by atoms with E-state index in [1.54, 1.807) is 4.90 Å². The summed E-state index contributed by atoms with van der Waals surface area (Å²) < 4.78 is 24.6. The van der Waals surface area contributed by atoms with Gasteiger partial charge in [0.1, 0.15) is 17.7 Å². The smallest absolute Gasteiger partial charge is 0.262 e. The number of nitrogens with zero attached hydrogens (tertiary/aromatic N) is 3. The summed E-state index contributed by atoms with van der Waals surface area (Å²) in [6.45, 7) is 0.896. The van der Waals surface area contributed by atoms with Crippen LogP contribution in [0.25, 0.3) is 22.8 Å². The van der Waals surface area contributed by atoms with Gasteiger partial charge in [-0.05, 0) is 36.4 Å². The van der Waals surface area contributed by atoms with Crippen molar-refractivity contribution in [3.8, 4) is 28.6 Å². The Kier molecular flexibility index (Phi) is 4.92. The fraction of sp³-hybridized carbons (Fsp3) is 0.125. The molecule has 1 saturated heterocycles. The molecule has 0 spiro atoms. The van der Waals surface area contributed by atoms with Crippen LogP contribution in [0.4, 0.5) is 4.39 Å². The van der Waals surface area contributed by atoms with E-state index in [9.17, 15) is 9.18 Å². The van der Waals surface area contributed by atoms with Crippen molar-refractivity contribution in [1.82, 2.24) is 15.0 Å². The Morgan fingerprint density at radius 3 is 2.45 bits per heavy atom. The highest BCUT2D eigenvalue weighted by Gasteiger charge is 2.33. The fourth-order valence-electron chi connectivity index (χ4n) is 3.42. The Morgan fingerprint density at radius 1 is 0.968 bits per heavy atom. The third-order valence-electron chi connectivity index (χ3n) is 5.10. The van der Waals surface area contributed by atoms with Crippen molar-refractivity contribution in [1.29, 1.82) is 0 Å². The van der Waals surface area contributed by atoms with Crippen LogP contribution in [0.2, 0.25) is 0 Å². The lowest BCUT2D eigenvalue weighted by Gasteiger charge is -2.39. The topological polar surface area (TPSA) is 68.5 Å². The molecule has 2 heterocycles. The number of amides is 1. The third kappa shape index (κ3) is 3.90. The quantitative estimate of drug-likeness (QED) is 0.482. The zero-order chi connectivity index (χ0) is 21.2. The molecule has 4 aromatic rings. The molecule has 1 fully saturated rings. The Morgan fingerprint density at radius 2 is 1.68 bits per heavy atom. The monoisotopic (exact) mass is 415 g/mol. The number of rotatable bonds is 5. The molecular weight excluding hydrogens is 397 g/mol. The lowest BCUT2D eigenvalue weighted by atomic mass is 10.1. The van der Waals surface area contributed by atoms with E-state index < -0.39 is 0 Å². The average Bonchev–Trinajstić information content (AvgIpc) is 3.27. The average molecular weight is 415 g/mol. The SMILES string of the molecule is O=C(c1ccc(F)cc1)N1CC(Oc2ccccc2-c2nc(-c3ccccc3)no2)C1. The van der Waals surface area contributed by atoms with E-state index in [1.807, 2.05) is 54.6 Å². The van der Waals surface area contributed by atoms with E-state index in [4.69, 9.17) is 9.26 Å². The van der Waals surface area contributed by atoms with Crippen LogP contribution in [-0.4, -0.2) is 40.1 Å². The van der Waals surface area contributed by atoms with Crippen LogP contribution < -0.4 is 4.74 Å². The van der Waals surface area contributed by atoms with Crippen molar-refractivity contribution < 1.29 is 18.4 Å². The van der Waals surface area contributed by atoms with Crippen LogP contribution in [0.5, 0.6) is 5.75 Å². The maximum atomic E-state index is 13.1. The second-order valence-electron chi connectivity index (χ2n) is 7.24. The number of likely N-dealkylation sites (tertiary alicyclic amines) is 1. The minimum atomic E-state index is -0.366. The highest BCUT2D eigenvalue weighted by Crippen LogP contribution is 2.32. The van der Waals surface area contributed by atoms with Crippen molar-refractivity contribution in [2.24, 2.45) is 0 Å². The van der Waals surface area contributed by atoms with Gasteiger partial charge < -0.3 is 14.2 Å². The van der Waals surface area contributed by atoms with Crippen molar-refractivity contribution >= 4 is 5.91 Å². The first-order chi connectivity index (χ1) is 15.2. The van der Waals surface area contributed by atoms with Gasteiger partial charge in [0.2, 0.25) is 5.82 Å². The molecule has 1 amide bonds. The highest BCUT2D eigenvalue weighted by atomic mass is 19.1. The first-order valence-corrected chi connectivity index (χ1v) is 9.87. The van der Waals surface area contributed by atoms with Gasteiger partial charge in [-0.1, -0.05) is 47.6 Å². The number of para-hydroxylation sites is 1. The Labute approximate surface area is 177 Å². The maximum Gasteiger partial charge on any atom is 0.262 e. The van der Waals surface area contributed by atoms with Crippen LogP contribution in [-0.2, 0) is 0 Å². The van der Waals surface area contributed by atoms with E-state index in [1.165, 1.54) is 24.3 Å². The molecule has 7 heteroatoms. The number of ether oxygens (including phenoxy) is 1. The zero-order valence-corrected chi connectivity index (χ0v) is 16.4. The lowest BCUT2D eigenvalue weighted by molar-refractivity contribution is 0.0179. The Hall–Kier alpha value is -4.00. The summed E-state index contributed by atoms with van der Waals surface area (Å²) in [6, 6.07) is 22.6. The number of benzene rings is 3. The van der Waals surface area contributed by atoms with Crippen LogP contribution in [0.3, 0.4) is 0 Å². The van der Waals surface area contributed by atoms with Crippen LogP contribution in [0.1, 0.15) is 10.4 Å². The van der Waals surface area contributed by atoms with Crippen molar-refractivity contribution in [2.45, 2.75) is 6.10 Å². The molecular formula is C24H18FN3O3. The van der Waals surface area contributed by atoms with E-state index in [0.29, 0.717) is 41.7 Å². The number of hydrogen-bond donors (Lipinski definition) is 0. The predicted octanol–water partition coefficient (Wildman–Crippen LogP) is 4.45.